The second-order valence-electron chi connectivity index (χ2n) is 9.24. The zero-order valence-corrected chi connectivity index (χ0v) is 21.7. The summed E-state index contributed by atoms with van der Waals surface area (Å²) in [7, 11) is 3.85. The number of piperazine rings is 2. The number of nitrogens with zero attached hydrogens (tertiary/aromatic N) is 2. The molecule has 2 fully saturated rings. The number of carbonyl (C=O) groups excluding carboxylic acids is 2. The van der Waals surface area contributed by atoms with Gasteiger partial charge >= 0.3 is 0 Å². The molecule has 0 aliphatic carbocycles. The van der Waals surface area contributed by atoms with E-state index in [2.05, 4.69) is 41.6 Å². The highest BCUT2D eigenvalue weighted by molar-refractivity contribution is 6.30. The third kappa shape index (κ3) is 8.21. The van der Waals surface area contributed by atoms with Crippen molar-refractivity contribution in [3.05, 3.63) is 69.7 Å². The average Bonchev–Trinajstić information content (AvgIpc) is 2.82. The van der Waals surface area contributed by atoms with Crippen LogP contribution < -0.4 is 10.6 Å². The smallest absolute Gasteiger partial charge is 0.245 e. The molecule has 4 rings (SSSR count). The fourth-order valence-electron chi connectivity index (χ4n) is 4.09. The van der Waals surface area contributed by atoms with Crippen LogP contribution >= 0.6 is 23.2 Å². The summed E-state index contributed by atoms with van der Waals surface area (Å²) in [6, 6.07) is 15.7. The van der Waals surface area contributed by atoms with Crippen molar-refractivity contribution in [1.82, 2.24) is 20.4 Å². The predicted molar refractivity (Wildman–Crippen MR) is 145 cm³/mol. The van der Waals surface area contributed by atoms with Crippen LogP contribution in [0.2, 0.25) is 10.0 Å². The van der Waals surface area contributed by atoms with Crippen molar-refractivity contribution in [2.24, 2.45) is 0 Å². The molecule has 2 heterocycles. The van der Waals surface area contributed by atoms with E-state index < -0.39 is 12.1 Å². The number of nitrogens with one attached hydrogen (secondary N) is 2. The van der Waals surface area contributed by atoms with E-state index in [4.69, 9.17) is 23.2 Å². The van der Waals surface area contributed by atoms with Crippen molar-refractivity contribution in [2.75, 3.05) is 27.2 Å². The molecule has 0 bridgehead atoms. The van der Waals surface area contributed by atoms with Gasteiger partial charge in [-0.05, 0) is 62.7 Å². The molecule has 2 aliphatic rings. The number of carbonyl (C=O) groups is 2. The molecule has 192 valence electrons. The molecule has 2 unspecified atom stereocenters. The highest BCUT2D eigenvalue weighted by Gasteiger charge is 2.35. The van der Waals surface area contributed by atoms with Crippen molar-refractivity contribution >= 4 is 35.0 Å². The van der Waals surface area contributed by atoms with E-state index in [1.165, 1.54) is 10.5 Å². The van der Waals surface area contributed by atoms with E-state index in [9.17, 15) is 9.59 Å². The first-order valence-electron chi connectivity index (χ1n) is 11.6. The van der Waals surface area contributed by atoms with Gasteiger partial charge in [-0.15, -0.1) is 0 Å². The van der Waals surface area contributed by atoms with Crippen LogP contribution in [0.3, 0.4) is 0 Å². The Morgan fingerprint density at radius 3 is 1.91 bits per heavy atom. The first-order chi connectivity index (χ1) is 16.1. The first kappa shape index (κ1) is 29.1. The molecule has 2 aromatic carbocycles. The van der Waals surface area contributed by atoms with Crippen molar-refractivity contribution in [3.63, 3.8) is 0 Å². The lowest BCUT2D eigenvalue weighted by molar-refractivity contribution is -0.146. The zero-order valence-electron chi connectivity index (χ0n) is 20.2. The molecule has 8 heteroatoms. The Morgan fingerprint density at radius 2 is 1.40 bits per heavy atom. The zero-order chi connectivity index (χ0) is 24.8. The van der Waals surface area contributed by atoms with Crippen LogP contribution in [0.4, 0.5) is 0 Å². The number of hydrogen-bond acceptors (Lipinski definition) is 4. The average molecular weight is 522 g/mol. The summed E-state index contributed by atoms with van der Waals surface area (Å²) in [6.45, 7) is 6.16. The molecule has 0 saturated carbocycles. The SMILES string of the molecule is C.C[C@H]1C(=O)NC(Cc2ccc(Cl)cc2)C(=O)N1C.C[C@H]1CNC(Cc2ccc(Cl)cc2)CN1C. The Morgan fingerprint density at radius 1 is 0.886 bits per heavy atom. The summed E-state index contributed by atoms with van der Waals surface area (Å²) >= 11 is 11.7. The molecular formula is C27H38Cl2N4O2. The topological polar surface area (TPSA) is 64.7 Å². The van der Waals surface area contributed by atoms with Gasteiger partial charge in [0.1, 0.15) is 12.1 Å². The Bertz CT molecular complexity index is 968. The number of hydrogen-bond donors (Lipinski definition) is 2. The minimum Gasteiger partial charge on any atom is -0.342 e. The second-order valence-corrected chi connectivity index (χ2v) is 10.1. The number of likely N-dealkylation sites (N-methyl/N-ethyl adjacent to an activating group) is 2. The number of benzene rings is 2. The van der Waals surface area contributed by atoms with E-state index in [1.54, 1.807) is 26.1 Å². The molecule has 4 atom stereocenters. The van der Waals surface area contributed by atoms with Crippen molar-refractivity contribution < 1.29 is 9.59 Å². The van der Waals surface area contributed by atoms with Crippen LogP contribution in [-0.4, -0.2) is 73.0 Å². The van der Waals surface area contributed by atoms with Crippen LogP contribution in [0.25, 0.3) is 0 Å². The van der Waals surface area contributed by atoms with Crippen LogP contribution in [0.1, 0.15) is 32.4 Å². The van der Waals surface area contributed by atoms with Crippen LogP contribution in [-0.2, 0) is 22.4 Å². The van der Waals surface area contributed by atoms with Crippen molar-refractivity contribution in [3.8, 4) is 0 Å². The van der Waals surface area contributed by atoms with Crippen LogP contribution in [0.5, 0.6) is 0 Å². The Hall–Kier alpha value is -2.12. The highest BCUT2D eigenvalue weighted by atomic mass is 35.5. The third-order valence-corrected chi connectivity index (χ3v) is 7.14. The molecule has 2 amide bonds. The number of halogens is 2. The first-order valence-corrected chi connectivity index (χ1v) is 12.4. The van der Waals surface area contributed by atoms with Gasteiger partial charge in [0.2, 0.25) is 11.8 Å². The summed E-state index contributed by atoms with van der Waals surface area (Å²) < 4.78 is 0. The van der Waals surface area contributed by atoms with Gasteiger partial charge in [0.05, 0.1) is 0 Å². The van der Waals surface area contributed by atoms with E-state index in [0.29, 0.717) is 23.5 Å². The largest absolute Gasteiger partial charge is 0.342 e. The Balaban J connectivity index is 0.000000241. The normalized spacial score (nSPS) is 24.7. The van der Waals surface area contributed by atoms with E-state index in [-0.39, 0.29) is 19.2 Å². The lowest BCUT2D eigenvalue weighted by atomic mass is 10.0. The Kier molecular flexibility index (Phi) is 11.0. The number of amides is 2. The van der Waals surface area contributed by atoms with Gasteiger partial charge in [0.15, 0.2) is 0 Å². The van der Waals surface area contributed by atoms with Gasteiger partial charge in [-0.3, -0.25) is 9.59 Å². The molecule has 0 aromatic heterocycles. The molecule has 2 aromatic rings. The molecule has 6 nitrogen and oxygen atoms in total. The summed E-state index contributed by atoms with van der Waals surface area (Å²) in [5.41, 5.74) is 2.32. The highest BCUT2D eigenvalue weighted by Crippen LogP contribution is 2.15. The summed E-state index contributed by atoms with van der Waals surface area (Å²) in [5.74, 6) is -0.173. The molecule has 2 aliphatic heterocycles. The van der Waals surface area contributed by atoms with Gasteiger partial charge in [-0.1, -0.05) is 54.9 Å². The lowest BCUT2D eigenvalue weighted by Gasteiger charge is -2.36. The monoisotopic (exact) mass is 520 g/mol. The maximum Gasteiger partial charge on any atom is 0.245 e. The Labute approximate surface area is 220 Å². The van der Waals surface area contributed by atoms with Gasteiger partial charge in [0.25, 0.3) is 0 Å². The second kappa shape index (κ2) is 13.3. The molecule has 2 saturated heterocycles. The minimum atomic E-state index is -0.486. The van der Waals surface area contributed by atoms with Gasteiger partial charge in [0, 0.05) is 48.7 Å². The van der Waals surface area contributed by atoms with E-state index in [1.807, 2.05) is 24.3 Å². The summed E-state index contributed by atoms with van der Waals surface area (Å²) in [6.07, 6.45) is 1.56. The van der Waals surface area contributed by atoms with Crippen LogP contribution in [0.15, 0.2) is 48.5 Å². The molecule has 35 heavy (non-hydrogen) atoms. The maximum atomic E-state index is 12.0. The quantitative estimate of drug-likeness (QED) is 0.638. The van der Waals surface area contributed by atoms with E-state index in [0.717, 1.165) is 30.1 Å². The fraction of sp³-hybridized carbons (Fsp3) is 0.481. The summed E-state index contributed by atoms with van der Waals surface area (Å²) in [4.78, 5) is 27.6. The standard InChI is InChI=1S/C13H15ClN2O2.C13H19ClN2.CH4/c1-8-12(17)15-11(13(18)16(8)2)7-9-3-5-10(14)6-4-9;1-10-8-15-13(9-16(10)2)7-11-3-5-12(14)6-4-11;/h3-6,8,11H,7H2,1-2H3,(H,15,17);3-6,10,13,15H,7-9H2,1-2H3;1H4/t8-,11?;10-,13?;/m00./s1. The number of rotatable bonds is 4. The van der Waals surface area contributed by atoms with Gasteiger partial charge < -0.3 is 20.4 Å². The van der Waals surface area contributed by atoms with Crippen LogP contribution in [0, 0.1) is 0 Å². The summed E-state index contributed by atoms with van der Waals surface area (Å²) in [5, 5.41) is 7.80. The molecule has 2 N–H and O–H groups in total. The van der Waals surface area contributed by atoms with E-state index >= 15 is 0 Å². The van der Waals surface area contributed by atoms with Crippen molar-refractivity contribution in [2.45, 2.75) is 58.3 Å². The van der Waals surface area contributed by atoms with Gasteiger partial charge in [-0.2, -0.15) is 0 Å². The van der Waals surface area contributed by atoms with Gasteiger partial charge in [-0.25, -0.2) is 0 Å². The minimum absolute atomic E-state index is 0. The predicted octanol–water partition coefficient (Wildman–Crippen LogP) is 4.04. The maximum absolute atomic E-state index is 12.0. The third-order valence-electron chi connectivity index (χ3n) is 6.63. The molecule has 0 radical (unpaired) electrons. The molecular weight excluding hydrogens is 483 g/mol. The van der Waals surface area contributed by atoms with Crippen molar-refractivity contribution in [1.29, 1.82) is 0 Å². The lowest BCUT2D eigenvalue weighted by Crippen LogP contribution is -2.61. The molecule has 0 spiro atoms. The fourth-order valence-corrected chi connectivity index (χ4v) is 4.34.